The molecule has 0 atom stereocenters. The molecular weight excluding hydrogens is 240 g/mol. The van der Waals surface area contributed by atoms with Crippen molar-refractivity contribution in [2.24, 2.45) is 0 Å². The van der Waals surface area contributed by atoms with Crippen LogP contribution in [0.5, 0.6) is 5.75 Å². The number of anilines is 1. The highest BCUT2D eigenvalue weighted by atomic mass is 16.6. The molecule has 0 bridgehead atoms. The molecule has 0 saturated carbocycles. The molecule has 1 rings (SSSR count). The maximum Gasteiger partial charge on any atom is 0.305 e. The van der Waals surface area contributed by atoms with Crippen molar-refractivity contribution in [1.82, 2.24) is 0 Å². The first-order valence-corrected chi connectivity index (χ1v) is 5.41. The Balaban J connectivity index is 2.82. The van der Waals surface area contributed by atoms with Gasteiger partial charge in [0.25, 0.3) is 5.69 Å². The summed E-state index contributed by atoms with van der Waals surface area (Å²) in [6.45, 7) is 2.37. The van der Waals surface area contributed by atoms with Crippen molar-refractivity contribution in [2.75, 3.05) is 18.5 Å². The number of carbonyl (C=O) groups is 1. The van der Waals surface area contributed by atoms with Gasteiger partial charge in [-0.15, -0.1) is 0 Å². The van der Waals surface area contributed by atoms with Gasteiger partial charge in [0.15, 0.2) is 0 Å². The number of nitrogens with one attached hydrogen (secondary N) is 1. The Kier molecular flexibility index (Phi) is 4.91. The number of hydrogen-bond acceptors (Lipinski definition) is 5. The average molecular weight is 254 g/mol. The van der Waals surface area contributed by atoms with Crippen molar-refractivity contribution in [2.45, 2.75) is 13.3 Å². The summed E-state index contributed by atoms with van der Waals surface area (Å²) in [5.74, 6) is -0.553. The van der Waals surface area contributed by atoms with Crippen molar-refractivity contribution in [3.63, 3.8) is 0 Å². The maximum absolute atomic E-state index is 10.7. The minimum absolute atomic E-state index is 0.0628. The molecule has 0 heterocycles. The highest BCUT2D eigenvalue weighted by Crippen LogP contribution is 2.25. The molecule has 18 heavy (non-hydrogen) atoms. The van der Waals surface area contributed by atoms with E-state index in [0.717, 1.165) is 0 Å². The Morgan fingerprint density at radius 2 is 2.22 bits per heavy atom. The van der Waals surface area contributed by atoms with E-state index in [1.807, 2.05) is 0 Å². The molecule has 2 N–H and O–H groups in total. The molecule has 1 aromatic carbocycles. The molecule has 1 aromatic rings. The fourth-order valence-corrected chi connectivity index (χ4v) is 1.35. The molecule has 7 heteroatoms. The van der Waals surface area contributed by atoms with Crippen LogP contribution in [0.2, 0.25) is 0 Å². The second-order valence-corrected chi connectivity index (χ2v) is 3.48. The summed E-state index contributed by atoms with van der Waals surface area (Å²) >= 11 is 0. The Morgan fingerprint density at radius 1 is 1.50 bits per heavy atom. The summed E-state index contributed by atoms with van der Waals surface area (Å²) < 4.78 is 5.20. The van der Waals surface area contributed by atoms with Crippen LogP contribution in [0.4, 0.5) is 11.4 Å². The Labute approximate surface area is 104 Å². The number of aliphatic carboxylic acids is 1. The summed E-state index contributed by atoms with van der Waals surface area (Å²) in [4.78, 5) is 20.6. The number of nitro benzene ring substituents is 1. The number of non-ortho nitro benzene ring substituents is 1. The molecule has 0 saturated heterocycles. The molecule has 0 aliphatic heterocycles. The molecule has 0 spiro atoms. The highest BCUT2D eigenvalue weighted by molar-refractivity contribution is 5.67. The van der Waals surface area contributed by atoms with Gasteiger partial charge in [0.2, 0.25) is 0 Å². The lowest BCUT2D eigenvalue weighted by Gasteiger charge is -2.08. The van der Waals surface area contributed by atoms with E-state index in [9.17, 15) is 14.9 Å². The molecule has 98 valence electrons. The van der Waals surface area contributed by atoms with Crippen LogP contribution < -0.4 is 10.1 Å². The fourth-order valence-electron chi connectivity index (χ4n) is 1.35. The van der Waals surface area contributed by atoms with E-state index in [-0.39, 0.29) is 18.7 Å². The summed E-state index contributed by atoms with van der Waals surface area (Å²) in [6, 6.07) is 4.26. The van der Waals surface area contributed by atoms with E-state index < -0.39 is 10.9 Å². The minimum Gasteiger partial charge on any atom is -0.494 e. The standard InChI is InChI=1S/C11H14N2O5/c1-2-18-10-6-8(12-4-3-11(14)15)5-9(7-10)13(16)17/h5-7,12H,2-4H2,1H3,(H,14,15). The number of carboxylic acids is 1. The lowest BCUT2D eigenvalue weighted by atomic mass is 10.2. The van der Waals surface area contributed by atoms with Gasteiger partial charge in [-0.1, -0.05) is 0 Å². The SMILES string of the molecule is CCOc1cc(NCCC(=O)O)cc([N+](=O)[O-])c1. The highest BCUT2D eigenvalue weighted by Gasteiger charge is 2.10. The van der Waals surface area contributed by atoms with Crippen LogP contribution >= 0.6 is 0 Å². The zero-order valence-corrected chi connectivity index (χ0v) is 9.88. The normalized spacial score (nSPS) is 9.83. The van der Waals surface area contributed by atoms with Crippen LogP contribution in [-0.4, -0.2) is 29.2 Å². The maximum atomic E-state index is 10.7. The van der Waals surface area contributed by atoms with Gasteiger partial charge in [-0.05, 0) is 6.92 Å². The number of nitro groups is 1. The summed E-state index contributed by atoms with van der Waals surface area (Å²) in [7, 11) is 0. The van der Waals surface area contributed by atoms with Crippen LogP contribution in [0, 0.1) is 10.1 Å². The molecule has 0 aromatic heterocycles. The molecule has 7 nitrogen and oxygen atoms in total. The van der Waals surface area contributed by atoms with Gasteiger partial charge >= 0.3 is 5.97 Å². The second kappa shape index (κ2) is 6.43. The van der Waals surface area contributed by atoms with E-state index in [2.05, 4.69) is 5.32 Å². The molecule has 0 fully saturated rings. The monoisotopic (exact) mass is 254 g/mol. The third-order valence-electron chi connectivity index (χ3n) is 2.08. The van der Waals surface area contributed by atoms with Crippen LogP contribution in [0.15, 0.2) is 18.2 Å². The molecule has 0 aliphatic carbocycles. The van der Waals surface area contributed by atoms with E-state index in [0.29, 0.717) is 18.0 Å². The van der Waals surface area contributed by atoms with Gasteiger partial charge in [0, 0.05) is 24.4 Å². The summed E-state index contributed by atoms with van der Waals surface area (Å²) in [5.41, 5.74) is 0.368. The van der Waals surface area contributed by atoms with Crippen LogP contribution in [0.1, 0.15) is 13.3 Å². The minimum atomic E-state index is -0.932. The quantitative estimate of drug-likeness (QED) is 0.569. The molecule has 0 radical (unpaired) electrons. The third-order valence-corrected chi connectivity index (χ3v) is 2.08. The largest absolute Gasteiger partial charge is 0.494 e. The van der Waals surface area contributed by atoms with Gasteiger partial charge in [0.05, 0.1) is 24.0 Å². The number of nitrogens with zero attached hydrogens (tertiary/aromatic N) is 1. The Bertz CT molecular complexity index is 447. The summed E-state index contributed by atoms with van der Waals surface area (Å²) in [5, 5.41) is 22.0. The van der Waals surface area contributed by atoms with E-state index >= 15 is 0 Å². The Hall–Kier alpha value is -2.31. The number of ether oxygens (including phenoxy) is 1. The number of rotatable bonds is 7. The van der Waals surface area contributed by atoms with Crippen LogP contribution in [-0.2, 0) is 4.79 Å². The first-order chi connectivity index (χ1) is 8.52. The average Bonchev–Trinajstić information content (AvgIpc) is 2.28. The van der Waals surface area contributed by atoms with E-state index in [4.69, 9.17) is 9.84 Å². The molecular formula is C11H14N2O5. The number of carboxylic acid groups (broad SMARTS) is 1. The molecule has 0 amide bonds. The van der Waals surface area contributed by atoms with Crippen LogP contribution in [0.25, 0.3) is 0 Å². The molecule has 0 aliphatic rings. The van der Waals surface area contributed by atoms with Crippen molar-refractivity contribution >= 4 is 17.3 Å². The lowest BCUT2D eigenvalue weighted by Crippen LogP contribution is -2.08. The van der Waals surface area contributed by atoms with Crippen molar-refractivity contribution in [3.8, 4) is 5.75 Å². The first kappa shape index (κ1) is 13.8. The van der Waals surface area contributed by atoms with Crippen LogP contribution in [0.3, 0.4) is 0 Å². The Morgan fingerprint density at radius 3 is 2.78 bits per heavy atom. The van der Waals surface area contributed by atoms with Gasteiger partial charge in [0.1, 0.15) is 5.75 Å². The summed E-state index contributed by atoms with van der Waals surface area (Å²) in [6.07, 6.45) is -0.0628. The first-order valence-electron chi connectivity index (χ1n) is 5.41. The van der Waals surface area contributed by atoms with Gasteiger partial charge in [-0.2, -0.15) is 0 Å². The smallest absolute Gasteiger partial charge is 0.305 e. The van der Waals surface area contributed by atoms with Crippen molar-refractivity contribution in [1.29, 1.82) is 0 Å². The topological polar surface area (TPSA) is 102 Å². The third kappa shape index (κ3) is 4.28. The van der Waals surface area contributed by atoms with Crippen molar-refractivity contribution < 1.29 is 19.6 Å². The lowest BCUT2D eigenvalue weighted by molar-refractivity contribution is -0.384. The van der Waals surface area contributed by atoms with Gasteiger partial charge in [-0.3, -0.25) is 14.9 Å². The van der Waals surface area contributed by atoms with E-state index in [1.54, 1.807) is 13.0 Å². The number of benzene rings is 1. The zero-order chi connectivity index (χ0) is 13.5. The predicted octanol–water partition coefficient (Wildman–Crippen LogP) is 1.88. The van der Waals surface area contributed by atoms with Crippen molar-refractivity contribution in [3.05, 3.63) is 28.3 Å². The van der Waals surface area contributed by atoms with Gasteiger partial charge < -0.3 is 15.2 Å². The predicted molar refractivity (Wildman–Crippen MR) is 65.0 cm³/mol. The van der Waals surface area contributed by atoms with E-state index in [1.165, 1.54) is 12.1 Å². The second-order valence-electron chi connectivity index (χ2n) is 3.48. The molecule has 0 unspecified atom stereocenters. The number of hydrogen-bond donors (Lipinski definition) is 2. The fraction of sp³-hybridized carbons (Fsp3) is 0.364. The van der Waals surface area contributed by atoms with Gasteiger partial charge in [-0.25, -0.2) is 0 Å². The zero-order valence-electron chi connectivity index (χ0n) is 9.88.